The number of rotatable bonds is 5. The summed E-state index contributed by atoms with van der Waals surface area (Å²) in [6, 6.07) is 15.2. The summed E-state index contributed by atoms with van der Waals surface area (Å²) in [6.45, 7) is 0.395. The standard InChI is InChI=1S/C18H14ClN5OS/c19-14-7-3-1-5-12(14)9-20-16(25)10-26-18-22-17-13-6-2-4-8-15(13)21-11-24(17)23-18/h1-8,11H,9-10H2,(H,20,25). The Balaban J connectivity index is 1.42. The Kier molecular flexibility index (Phi) is 4.73. The first kappa shape index (κ1) is 16.8. The van der Waals surface area contributed by atoms with Gasteiger partial charge < -0.3 is 5.32 Å². The van der Waals surface area contributed by atoms with E-state index in [1.54, 1.807) is 16.9 Å². The van der Waals surface area contributed by atoms with Gasteiger partial charge in [0.2, 0.25) is 11.1 Å². The number of nitrogens with zero attached hydrogens (tertiary/aromatic N) is 4. The number of aromatic nitrogens is 4. The first-order valence-electron chi connectivity index (χ1n) is 7.94. The molecule has 0 spiro atoms. The molecule has 0 radical (unpaired) electrons. The van der Waals surface area contributed by atoms with Crippen LogP contribution in [0.3, 0.4) is 0 Å². The zero-order valence-electron chi connectivity index (χ0n) is 13.6. The van der Waals surface area contributed by atoms with Crippen LogP contribution in [-0.2, 0) is 11.3 Å². The lowest BCUT2D eigenvalue weighted by Gasteiger charge is -2.05. The number of thioether (sulfide) groups is 1. The molecule has 0 aliphatic heterocycles. The highest BCUT2D eigenvalue weighted by Gasteiger charge is 2.11. The predicted molar refractivity (Wildman–Crippen MR) is 102 cm³/mol. The second-order valence-electron chi connectivity index (χ2n) is 5.58. The molecule has 2 aromatic carbocycles. The molecule has 1 amide bonds. The van der Waals surface area contributed by atoms with Gasteiger partial charge in [0, 0.05) is 17.0 Å². The van der Waals surface area contributed by atoms with Gasteiger partial charge in [-0.25, -0.2) is 14.5 Å². The lowest BCUT2D eigenvalue weighted by atomic mass is 10.2. The van der Waals surface area contributed by atoms with E-state index in [2.05, 4.69) is 20.4 Å². The van der Waals surface area contributed by atoms with Gasteiger partial charge in [-0.1, -0.05) is 53.7 Å². The van der Waals surface area contributed by atoms with Gasteiger partial charge in [-0.05, 0) is 23.8 Å². The van der Waals surface area contributed by atoms with E-state index in [0.717, 1.165) is 22.1 Å². The first-order chi connectivity index (χ1) is 12.7. The van der Waals surface area contributed by atoms with E-state index in [1.165, 1.54) is 11.8 Å². The summed E-state index contributed by atoms with van der Waals surface area (Å²) in [5.41, 5.74) is 2.48. The molecule has 130 valence electrons. The summed E-state index contributed by atoms with van der Waals surface area (Å²) < 4.78 is 1.63. The van der Waals surface area contributed by atoms with Gasteiger partial charge in [-0.2, -0.15) is 0 Å². The molecule has 8 heteroatoms. The molecule has 0 unspecified atom stereocenters. The van der Waals surface area contributed by atoms with Crippen molar-refractivity contribution in [3.05, 3.63) is 65.4 Å². The highest BCUT2D eigenvalue weighted by molar-refractivity contribution is 7.99. The van der Waals surface area contributed by atoms with Crippen molar-refractivity contribution < 1.29 is 4.79 Å². The molecule has 2 heterocycles. The van der Waals surface area contributed by atoms with Crippen LogP contribution in [0.4, 0.5) is 0 Å². The maximum absolute atomic E-state index is 12.1. The molecule has 26 heavy (non-hydrogen) atoms. The maximum atomic E-state index is 12.1. The number of fused-ring (bicyclic) bond motifs is 3. The van der Waals surface area contributed by atoms with Crippen molar-refractivity contribution in [1.29, 1.82) is 0 Å². The van der Waals surface area contributed by atoms with Crippen molar-refractivity contribution in [2.75, 3.05) is 5.75 Å². The Bertz CT molecular complexity index is 1100. The van der Waals surface area contributed by atoms with Crippen LogP contribution in [0.1, 0.15) is 5.56 Å². The van der Waals surface area contributed by atoms with E-state index >= 15 is 0 Å². The van der Waals surface area contributed by atoms with Crippen LogP contribution in [-0.4, -0.2) is 31.2 Å². The number of amides is 1. The number of para-hydroxylation sites is 1. The number of hydrogen-bond acceptors (Lipinski definition) is 5. The van der Waals surface area contributed by atoms with Crippen LogP contribution in [0.5, 0.6) is 0 Å². The van der Waals surface area contributed by atoms with Gasteiger partial charge in [-0.3, -0.25) is 4.79 Å². The van der Waals surface area contributed by atoms with Crippen molar-refractivity contribution in [2.45, 2.75) is 11.7 Å². The number of carbonyl (C=O) groups is 1. The number of carbonyl (C=O) groups excluding carboxylic acids is 1. The highest BCUT2D eigenvalue weighted by Crippen LogP contribution is 2.20. The quantitative estimate of drug-likeness (QED) is 0.535. The van der Waals surface area contributed by atoms with Gasteiger partial charge in [0.15, 0.2) is 5.65 Å². The van der Waals surface area contributed by atoms with Crippen molar-refractivity contribution in [3.63, 3.8) is 0 Å². The molecule has 1 N–H and O–H groups in total. The molecule has 4 rings (SSSR count). The van der Waals surface area contributed by atoms with Crippen LogP contribution in [0.25, 0.3) is 16.6 Å². The lowest BCUT2D eigenvalue weighted by Crippen LogP contribution is -2.24. The van der Waals surface area contributed by atoms with E-state index < -0.39 is 0 Å². The Morgan fingerprint density at radius 2 is 1.96 bits per heavy atom. The number of benzene rings is 2. The third-order valence-electron chi connectivity index (χ3n) is 3.83. The van der Waals surface area contributed by atoms with Crippen LogP contribution in [0, 0.1) is 0 Å². The third kappa shape index (κ3) is 3.49. The predicted octanol–water partition coefficient (Wildman–Crippen LogP) is 3.34. The van der Waals surface area contributed by atoms with Crippen molar-refractivity contribution in [1.82, 2.24) is 24.9 Å². The van der Waals surface area contributed by atoms with E-state index in [1.807, 2.05) is 42.5 Å². The van der Waals surface area contributed by atoms with Crippen LogP contribution < -0.4 is 5.32 Å². The van der Waals surface area contributed by atoms with Gasteiger partial charge in [0.25, 0.3) is 0 Å². The fourth-order valence-electron chi connectivity index (χ4n) is 2.54. The average molecular weight is 384 g/mol. The number of halogens is 1. The van der Waals surface area contributed by atoms with E-state index in [4.69, 9.17) is 11.6 Å². The smallest absolute Gasteiger partial charge is 0.230 e. The largest absolute Gasteiger partial charge is 0.351 e. The SMILES string of the molecule is O=C(CSc1nc2c3ccccc3ncn2n1)NCc1ccccc1Cl. The molecular formula is C18H14ClN5OS. The molecule has 0 aliphatic carbocycles. The summed E-state index contributed by atoms with van der Waals surface area (Å²) in [6.07, 6.45) is 1.63. The van der Waals surface area contributed by atoms with Gasteiger partial charge >= 0.3 is 0 Å². The number of hydrogen-bond donors (Lipinski definition) is 1. The summed E-state index contributed by atoms with van der Waals surface area (Å²) >= 11 is 7.37. The summed E-state index contributed by atoms with van der Waals surface area (Å²) in [5, 5.41) is 9.33. The molecule has 0 aliphatic rings. The Hall–Kier alpha value is -2.64. The molecule has 0 bridgehead atoms. The zero-order valence-corrected chi connectivity index (χ0v) is 15.2. The van der Waals surface area contributed by atoms with Gasteiger partial charge in [0.05, 0.1) is 11.3 Å². The minimum absolute atomic E-state index is 0.100. The van der Waals surface area contributed by atoms with E-state index in [9.17, 15) is 4.79 Å². The van der Waals surface area contributed by atoms with Crippen LogP contribution >= 0.6 is 23.4 Å². The summed E-state index contributed by atoms with van der Waals surface area (Å²) in [5.74, 6) is 0.129. The average Bonchev–Trinajstić information content (AvgIpc) is 3.09. The molecule has 6 nitrogen and oxygen atoms in total. The lowest BCUT2D eigenvalue weighted by molar-refractivity contribution is -0.118. The van der Waals surface area contributed by atoms with Crippen LogP contribution in [0.2, 0.25) is 5.02 Å². The van der Waals surface area contributed by atoms with Crippen molar-refractivity contribution in [3.8, 4) is 0 Å². The normalized spacial score (nSPS) is 11.1. The molecule has 0 fully saturated rings. The van der Waals surface area contributed by atoms with Gasteiger partial charge in [-0.15, -0.1) is 5.10 Å². The van der Waals surface area contributed by atoms with Gasteiger partial charge in [0.1, 0.15) is 6.33 Å². The van der Waals surface area contributed by atoms with Crippen molar-refractivity contribution >= 4 is 45.8 Å². The first-order valence-corrected chi connectivity index (χ1v) is 9.30. The second-order valence-corrected chi connectivity index (χ2v) is 6.93. The third-order valence-corrected chi connectivity index (χ3v) is 5.04. The highest BCUT2D eigenvalue weighted by atomic mass is 35.5. The molecule has 0 saturated carbocycles. The fraction of sp³-hybridized carbons (Fsp3) is 0.111. The summed E-state index contributed by atoms with van der Waals surface area (Å²) in [4.78, 5) is 20.9. The zero-order chi connectivity index (χ0) is 17.9. The fourth-order valence-corrected chi connectivity index (χ4v) is 3.40. The molecule has 0 saturated heterocycles. The Morgan fingerprint density at radius 1 is 1.15 bits per heavy atom. The molecular weight excluding hydrogens is 370 g/mol. The minimum Gasteiger partial charge on any atom is -0.351 e. The van der Waals surface area contributed by atoms with Crippen molar-refractivity contribution in [2.24, 2.45) is 0 Å². The van der Waals surface area contributed by atoms with E-state index in [0.29, 0.717) is 16.7 Å². The molecule has 4 aromatic rings. The van der Waals surface area contributed by atoms with Crippen LogP contribution in [0.15, 0.2) is 60.0 Å². The topological polar surface area (TPSA) is 72.2 Å². The second kappa shape index (κ2) is 7.31. The maximum Gasteiger partial charge on any atom is 0.230 e. The Labute approximate surface area is 158 Å². The van der Waals surface area contributed by atoms with E-state index in [-0.39, 0.29) is 11.7 Å². The Morgan fingerprint density at radius 3 is 2.85 bits per heavy atom. The minimum atomic E-state index is -0.100. The molecule has 0 atom stereocenters. The molecule has 2 aromatic heterocycles. The summed E-state index contributed by atoms with van der Waals surface area (Å²) in [7, 11) is 0. The monoisotopic (exact) mass is 383 g/mol. The number of nitrogens with one attached hydrogen (secondary N) is 1.